The van der Waals surface area contributed by atoms with E-state index in [-0.39, 0.29) is 12.1 Å². The van der Waals surface area contributed by atoms with E-state index in [2.05, 4.69) is 0 Å². The minimum atomic E-state index is -0.642. The smallest absolute Gasteiger partial charge is 0.326 e. The Morgan fingerprint density at radius 3 is 2.64 bits per heavy atom. The van der Waals surface area contributed by atoms with Crippen LogP contribution in [0.5, 0.6) is 0 Å². The zero-order chi connectivity index (χ0) is 10.8. The molecule has 1 fully saturated rings. The highest BCUT2D eigenvalue weighted by atomic mass is 16.6. The quantitative estimate of drug-likeness (QED) is 0.672. The van der Waals surface area contributed by atoms with Crippen molar-refractivity contribution in [3.63, 3.8) is 0 Å². The van der Waals surface area contributed by atoms with Gasteiger partial charge < -0.3 is 15.2 Å². The SMILES string of the molecule is CC(C)(C)OC(=O)C(N)C1CCCO1. The molecule has 4 heteroatoms. The first-order valence-electron chi connectivity index (χ1n) is 5.00. The second-order valence-electron chi connectivity index (χ2n) is 4.61. The molecule has 82 valence electrons. The lowest BCUT2D eigenvalue weighted by Gasteiger charge is -2.24. The van der Waals surface area contributed by atoms with Crippen molar-refractivity contribution in [1.29, 1.82) is 0 Å². The van der Waals surface area contributed by atoms with Crippen LogP contribution in [0.4, 0.5) is 0 Å². The van der Waals surface area contributed by atoms with Crippen LogP contribution in [-0.2, 0) is 14.3 Å². The largest absolute Gasteiger partial charge is 0.459 e. The van der Waals surface area contributed by atoms with E-state index in [9.17, 15) is 4.79 Å². The molecule has 1 saturated heterocycles. The minimum absolute atomic E-state index is 0.162. The molecule has 2 N–H and O–H groups in total. The summed E-state index contributed by atoms with van der Waals surface area (Å²) in [6, 6.07) is -0.642. The maximum atomic E-state index is 11.5. The molecular weight excluding hydrogens is 182 g/mol. The summed E-state index contributed by atoms with van der Waals surface area (Å²) in [6.07, 6.45) is 1.66. The summed E-state index contributed by atoms with van der Waals surface area (Å²) < 4.78 is 10.5. The van der Waals surface area contributed by atoms with Crippen LogP contribution in [0.3, 0.4) is 0 Å². The predicted octanol–water partition coefficient (Wildman–Crippen LogP) is 0.834. The summed E-state index contributed by atoms with van der Waals surface area (Å²) in [7, 11) is 0. The highest BCUT2D eigenvalue weighted by Crippen LogP contribution is 2.17. The standard InChI is InChI=1S/C10H19NO3/c1-10(2,3)14-9(12)8(11)7-5-4-6-13-7/h7-8H,4-6,11H2,1-3H3. The van der Waals surface area contributed by atoms with Crippen molar-refractivity contribution in [3.05, 3.63) is 0 Å². The van der Waals surface area contributed by atoms with Gasteiger partial charge in [0, 0.05) is 6.61 Å². The van der Waals surface area contributed by atoms with E-state index in [1.807, 2.05) is 20.8 Å². The Bertz CT molecular complexity index is 204. The van der Waals surface area contributed by atoms with Crippen LogP contribution in [0.25, 0.3) is 0 Å². The summed E-state index contributed by atoms with van der Waals surface area (Å²) in [5.74, 6) is -0.371. The zero-order valence-corrected chi connectivity index (χ0v) is 9.08. The fourth-order valence-electron chi connectivity index (χ4n) is 1.41. The number of esters is 1. The van der Waals surface area contributed by atoms with Crippen LogP contribution in [0.1, 0.15) is 33.6 Å². The molecule has 2 unspecified atom stereocenters. The summed E-state index contributed by atoms with van der Waals surface area (Å²) in [4.78, 5) is 11.5. The molecule has 1 heterocycles. The van der Waals surface area contributed by atoms with E-state index in [0.29, 0.717) is 6.61 Å². The minimum Gasteiger partial charge on any atom is -0.459 e. The van der Waals surface area contributed by atoms with Gasteiger partial charge in [-0.1, -0.05) is 0 Å². The Balaban J connectivity index is 2.43. The molecule has 4 nitrogen and oxygen atoms in total. The first-order valence-corrected chi connectivity index (χ1v) is 5.00. The van der Waals surface area contributed by atoms with Gasteiger partial charge in [-0.25, -0.2) is 0 Å². The normalized spacial score (nSPS) is 24.7. The summed E-state index contributed by atoms with van der Waals surface area (Å²) in [5, 5.41) is 0. The Kier molecular flexibility index (Phi) is 3.50. The second-order valence-corrected chi connectivity index (χ2v) is 4.61. The maximum Gasteiger partial charge on any atom is 0.326 e. The van der Waals surface area contributed by atoms with Crippen molar-refractivity contribution in [2.24, 2.45) is 5.73 Å². The monoisotopic (exact) mass is 201 g/mol. The van der Waals surface area contributed by atoms with Crippen LogP contribution in [0.2, 0.25) is 0 Å². The highest BCUT2D eigenvalue weighted by Gasteiger charge is 2.31. The van der Waals surface area contributed by atoms with Crippen LogP contribution in [0, 0.1) is 0 Å². The average molecular weight is 201 g/mol. The zero-order valence-electron chi connectivity index (χ0n) is 9.08. The molecule has 2 atom stereocenters. The van der Waals surface area contributed by atoms with Gasteiger partial charge in [-0.3, -0.25) is 4.79 Å². The molecule has 0 aromatic carbocycles. The molecule has 0 radical (unpaired) electrons. The molecule has 14 heavy (non-hydrogen) atoms. The van der Waals surface area contributed by atoms with Gasteiger partial charge in [0.15, 0.2) is 0 Å². The molecule has 0 aromatic heterocycles. The maximum absolute atomic E-state index is 11.5. The van der Waals surface area contributed by atoms with E-state index < -0.39 is 11.6 Å². The van der Waals surface area contributed by atoms with Gasteiger partial charge >= 0.3 is 5.97 Å². The molecule has 0 saturated carbocycles. The molecule has 1 aliphatic rings. The number of carbonyl (C=O) groups excluding carboxylic acids is 1. The van der Waals surface area contributed by atoms with Crippen LogP contribution in [0.15, 0.2) is 0 Å². The molecule has 0 aliphatic carbocycles. The van der Waals surface area contributed by atoms with E-state index in [1.54, 1.807) is 0 Å². The first kappa shape index (κ1) is 11.5. The number of hydrogen-bond acceptors (Lipinski definition) is 4. The van der Waals surface area contributed by atoms with Gasteiger partial charge in [0.25, 0.3) is 0 Å². The third-order valence-electron chi connectivity index (χ3n) is 2.04. The average Bonchev–Trinajstić information content (AvgIpc) is 2.51. The van der Waals surface area contributed by atoms with Crippen LogP contribution in [-0.4, -0.2) is 30.3 Å². The van der Waals surface area contributed by atoms with Crippen molar-refractivity contribution < 1.29 is 14.3 Å². The summed E-state index contributed by atoms with van der Waals surface area (Å²) >= 11 is 0. The number of ether oxygens (including phenoxy) is 2. The topological polar surface area (TPSA) is 61.5 Å². The van der Waals surface area contributed by atoms with Crippen molar-refractivity contribution in [2.75, 3.05) is 6.61 Å². The molecule has 1 aliphatic heterocycles. The number of carbonyl (C=O) groups is 1. The molecule has 0 amide bonds. The Hall–Kier alpha value is -0.610. The van der Waals surface area contributed by atoms with Gasteiger partial charge in [-0.15, -0.1) is 0 Å². The third-order valence-corrected chi connectivity index (χ3v) is 2.04. The Morgan fingerprint density at radius 2 is 2.21 bits per heavy atom. The Labute approximate surface area is 84.7 Å². The van der Waals surface area contributed by atoms with E-state index in [0.717, 1.165) is 12.8 Å². The number of rotatable bonds is 2. The van der Waals surface area contributed by atoms with Gasteiger partial charge in [0.1, 0.15) is 11.6 Å². The van der Waals surface area contributed by atoms with Crippen molar-refractivity contribution in [1.82, 2.24) is 0 Å². The van der Waals surface area contributed by atoms with E-state index >= 15 is 0 Å². The van der Waals surface area contributed by atoms with E-state index in [1.165, 1.54) is 0 Å². The highest BCUT2D eigenvalue weighted by molar-refractivity contribution is 5.76. The summed E-state index contributed by atoms with van der Waals surface area (Å²) in [6.45, 7) is 6.18. The fraction of sp³-hybridized carbons (Fsp3) is 0.900. The third kappa shape index (κ3) is 3.27. The molecule has 0 bridgehead atoms. The summed E-state index contributed by atoms with van der Waals surface area (Å²) in [5.41, 5.74) is 5.25. The van der Waals surface area contributed by atoms with Gasteiger partial charge in [-0.2, -0.15) is 0 Å². The lowest BCUT2D eigenvalue weighted by Crippen LogP contribution is -2.45. The van der Waals surface area contributed by atoms with Crippen LogP contribution >= 0.6 is 0 Å². The van der Waals surface area contributed by atoms with Crippen molar-refractivity contribution in [3.8, 4) is 0 Å². The number of hydrogen-bond donors (Lipinski definition) is 1. The molecule has 0 spiro atoms. The van der Waals surface area contributed by atoms with Gasteiger partial charge in [-0.05, 0) is 33.6 Å². The Morgan fingerprint density at radius 1 is 1.57 bits per heavy atom. The number of nitrogens with two attached hydrogens (primary N) is 1. The van der Waals surface area contributed by atoms with Crippen molar-refractivity contribution in [2.45, 2.75) is 51.4 Å². The second kappa shape index (κ2) is 4.28. The van der Waals surface area contributed by atoms with Crippen molar-refractivity contribution >= 4 is 5.97 Å². The molecule has 1 rings (SSSR count). The predicted molar refractivity (Wildman–Crippen MR) is 52.8 cm³/mol. The van der Waals surface area contributed by atoms with Gasteiger partial charge in [0.05, 0.1) is 6.10 Å². The van der Waals surface area contributed by atoms with E-state index in [4.69, 9.17) is 15.2 Å². The molecular formula is C10H19NO3. The first-order chi connectivity index (χ1) is 6.40. The van der Waals surface area contributed by atoms with Crippen LogP contribution < -0.4 is 5.73 Å². The molecule has 0 aromatic rings. The fourth-order valence-corrected chi connectivity index (χ4v) is 1.41. The lowest BCUT2D eigenvalue weighted by molar-refractivity contribution is -0.159. The lowest BCUT2D eigenvalue weighted by atomic mass is 10.1. The van der Waals surface area contributed by atoms with Gasteiger partial charge in [0.2, 0.25) is 0 Å².